The molecule has 0 aliphatic heterocycles. The molecule has 1 heterocycles. The molecule has 0 atom stereocenters. The fourth-order valence-corrected chi connectivity index (χ4v) is 7.53. The van der Waals surface area contributed by atoms with Gasteiger partial charge in [-0.2, -0.15) is 11.3 Å². The third-order valence-corrected chi connectivity index (χ3v) is 8.19. The second-order valence-electron chi connectivity index (χ2n) is 7.10. The Hall–Kier alpha value is -0.410. The summed E-state index contributed by atoms with van der Waals surface area (Å²) in [5.41, 5.74) is 1.12. The van der Waals surface area contributed by atoms with Crippen molar-refractivity contribution < 1.29 is 4.57 Å². The highest BCUT2D eigenvalue weighted by molar-refractivity contribution is 7.62. The molecule has 0 bridgehead atoms. The molecule has 0 aliphatic carbocycles. The van der Waals surface area contributed by atoms with Gasteiger partial charge in [-0.1, -0.05) is 0 Å². The molecule has 0 aromatic carbocycles. The van der Waals surface area contributed by atoms with E-state index >= 15 is 0 Å². The minimum absolute atomic E-state index is 0.216. The number of hydrogen-bond acceptors (Lipinski definition) is 2. The first-order chi connectivity index (χ1) is 10.6. The van der Waals surface area contributed by atoms with E-state index in [0.29, 0.717) is 0 Å². The standard InChI is InChI=1S/C18H33N2OPS/c1-14(2)19(15(3)4)22(21,20(16(5)6)17(7)8)11-9-18-10-12-23-13-18/h9-17H,1-8H3/b11-9+. The van der Waals surface area contributed by atoms with E-state index in [1.165, 1.54) is 0 Å². The van der Waals surface area contributed by atoms with Gasteiger partial charge in [0.1, 0.15) is 0 Å². The van der Waals surface area contributed by atoms with Gasteiger partial charge in [0.15, 0.2) is 0 Å². The smallest absolute Gasteiger partial charge is 0.239 e. The molecular formula is C18H33N2OPS. The molecule has 0 amide bonds. The van der Waals surface area contributed by atoms with Crippen molar-refractivity contribution in [2.75, 3.05) is 0 Å². The van der Waals surface area contributed by atoms with Gasteiger partial charge in [-0.3, -0.25) is 4.57 Å². The Morgan fingerprint density at radius 1 is 0.913 bits per heavy atom. The van der Waals surface area contributed by atoms with Crippen molar-refractivity contribution in [1.29, 1.82) is 0 Å². The van der Waals surface area contributed by atoms with Gasteiger partial charge >= 0.3 is 0 Å². The van der Waals surface area contributed by atoms with E-state index < -0.39 is 7.44 Å². The molecule has 0 N–H and O–H groups in total. The van der Waals surface area contributed by atoms with Gasteiger partial charge in [0, 0.05) is 30.0 Å². The average Bonchev–Trinajstić information content (AvgIpc) is 2.87. The molecule has 0 radical (unpaired) electrons. The number of rotatable bonds is 8. The Balaban J connectivity index is 3.41. The van der Waals surface area contributed by atoms with Crippen molar-refractivity contribution >= 4 is 24.9 Å². The lowest BCUT2D eigenvalue weighted by Gasteiger charge is -2.45. The van der Waals surface area contributed by atoms with Crippen LogP contribution in [-0.2, 0) is 4.57 Å². The summed E-state index contributed by atoms with van der Waals surface area (Å²) in [5.74, 6) is 1.95. The Bertz CT molecular complexity index is 495. The SMILES string of the molecule is CC(C)N(C(C)C)P(=O)(/C=C/c1ccsc1)N(C(C)C)C(C)C. The fourth-order valence-electron chi connectivity index (χ4n) is 3.34. The summed E-state index contributed by atoms with van der Waals surface area (Å²) < 4.78 is 18.6. The molecule has 0 saturated heterocycles. The van der Waals surface area contributed by atoms with E-state index in [2.05, 4.69) is 81.6 Å². The van der Waals surface area contributed by atoms with E-state index in [1.54, 1.807) is 11.3 Å². The number of nitrogens with zero attached hydrogens (tertiary/aromatic N) is 2. The van der Waals surface area contributed by atoms with Crippen molar-refractivity contribution in [3.05, 3.63) is 28.2 Å². The minimum Gasteiger partial charge on any atom is -0.284 e. The molecule has 0 saturated carbocycles. The lowest BCUT2D eigenvalue weighted by molar-refractivity contribution is 0.230. The molecule has 1 aromatic rings. The first kappa shape index (κ1) is 20.6. The van der Waals surface area contributed by atoms with Crippen molar-refractivity contribution in [3.8, 4) is 0 Å². The molecule has 23 heavy (non-hydrogen) atoms. The van der Waals surface area contributed by atoms with Crippen molar-refractivity contribution in [2.45, 2.75) is 79.6 Å². The normalized spacial score (nSPS) is 13.8. The summed E-state index contributed by atoms with van der Waals surface area (Å²) >= 11 is 1.66. The van der Waals surface area contributed by atoms with E-state index in [4.69, 9.17) is 0 Å². The van der Waals surface area contributed by atoms with Crippen LogP contribution in [0.5, 0.6) is 0 Å². The zero-order valence-corrected chi connectivity index (χ0v) is 17.6. The Labute approximate surface area is 146 Å². The van der Waals surface area contributed by atoms with Crippen molar-refractivity contribution in [1.82, 2.24) is 9.34 Å². The molecule has 1 aromatic heterocycles. The third-order valence-electron chi connectivity index (χ3n) is 3.78. The van der Waals surface area contributed by atoms with Crippen LogP contribution in [-0.4, -0.2) is 33.5 Å². The van der Waals surface area contributed by atoms with Gasteiger partial charge in [0.25, 0.3) is 0 Å². The quantitative estimate of drug-likeness (QED) is 0.522. The van der Waals surface area contributed by atoms with Gasteiger partial charge in [-0.05, 0) is 83.9 Å². The summed E-state index contributed by atoms with van der Waals surface area (Å²) in [6.07, 6.45) is 2.02. The molecule has 132 valence electrons. The minimum atomic E-state index is -2.81. The highest BCUT2D eigenvalue weighted by Crippen LogP contribution is 2.59. The monoisotopic (exact) mass is 356 g/mol. The van der Waals surface area contributed by atoms with Gasteiger partial charge in [-0.25, -0.2) is 9.34 Å². The third kappa shape index (κ3) is 5.03. The second kappa shape index (κ2) is 8.62. The summed E-state index contributed by atoms with van der Waals surface area (Å²) in [5, 5.41) is 4.14. The number of hydrogen-bond donors (Lipinski definition) is 0. The zero-order chi connectivity index (χ0) is 17.8. The Morgan fingerprint density at radius 3 is 1.65 bits per heavy atom. The van der Waals surface area contributed by atoms with Crippen LogP contribution in [0, 0.1) is 0 Å². The largest absolute Gasteiger partial charge is 0.284 e. The summed E-state index contributed by atoms with van der Waals surface area (Å²) in [6.45, 7) is 17.0. The maximum Gasteiger partial charge on any atom is 0.239 e. The van der Waals surface area contributed by atoms with Gasteiger partial charge in [0.05, 0.1) is 0 Å². The molecule has 3 nitrogen and oxygen atoms in total. The topological polar surface area (TPSA) is 23.6 Å². The molecule has 0 fully saturated rings. The lowest BCUT2D eigenvalue weighted by Crippen LogP contribution is -2.44. The highest BCUT2D eigenvalue weighted by atomic mass is 32.1. The van der Waals surface area contributed by atoms with Crippen LogP contribution in [0.25, 0.3) is 6.08 Å². The van der Waals surface area contributed by atoms with Crippen LogP contribution in [0.1, 0.15) is 61.0 Å². The summed E-state index contributed by atoms with van der Waals surface area (Å²) in [4.78, 5) is 0. The second-order valence-corrected chi connectivity index (χ2v) is 10.3. The van der Waals surface area contributed by atoms with E-state index in [0.717, 1.165) is 5.56 Å². The van der Waals surface area contributed by atoms with E-state index in [9.17, 15) is 4.57 Å². The molecule has 0 unspecified atom stereocenters. The predicted octanol–water partition coefficient (Wildman–Crippen LogP) is 6.15. The van der Waals surface area contributed by atoms with Crippen LogP contribution >= 0.6 is 18.8 Å². The molecule has 1 rings (SSSR count). The van der Waals surface area contributed by atoms with Crippen molar-refractivity contribution in [3.63, 3.8) is 0 Å². The predicted molar refractivity (Wildman–Crippen MR) is 105 cm³/mol. The highest BCUT2D eigenvalue weighted by Gasteiger charge is 2.40. The van der Waals surface area contributed by atoms with Crippen LogP contribution in [0.15, 0.2) is 22.6 Å². The van der Waals surface area contributed by atoms with Crippen LogP contribution in [0.2, 0.25) is 0 Å². The maximum atomic E-state index is 14.2. The maximum absolute atomic E-state index is 14.2. The van der Waals surface area contributed by atoms with Gasteiger partial charge in [0.2, 0.25) is 7.44 Å². The summed E-state index contributed by atoms with van der Waals surface area (Å²) in [7, 11) is -2.81. The lowest BCUT2D eigenvalue weighted by atomic mass is 10.3. The van der Waals surface area contributed by atoms with E-state index in [-0.39, 0.29) is 24.2 Å². The zero-order valence-electron chi connectivity index (χ0n) is 15.9. The van der Waals surface area contributed by atoms with Gasteiger partial charge in [-0.15, -0.1) is 0 Å². The first-order valence-electron chi connectivity index (χ1n) is 8.50. The molecule has 0 spiro atoms. The Kier molecular flexibility index (Phi) is 7.73. The van der Waals surface area contributed by atoms with Crippen LogP contribution in [0.4, 0.5) is 0 Å². The van der Waals surface area contributed by atoms with Gasteiger partial charge < -0.3 is 0 Å². The van der Waals surface area contributed by atoms with Crippen LogP contribution < -0.4 is 0 Å². The molecular weight excluding hydrogens is 323 g/mol. The number of thiophene rings is 1. The van der Waals surface area contributed by atoms with Crippen molar-refractivity contribution in [2.24, 2.45) is 0 Å². The fraction of sp³-hybridized carbons (Fsp3) is 0.667. The van der Waals surface area contributed by atoms with Crippen LogP contribution in [0.3, 0.4) is 0 Å². The molecule has 0 aliphatic rings. The molecule has 5 heteroatoms. The first-order valence-corrected chi connectivity index (χ1v) is 11.1. The Morgan fingerprint density at radius 2 is 1.35 bits per heavy atom. The summed E-state index contributed by atoms with van der Waals surface area (Å²) in [6, 6.07) is 2.93. The average molecular weight is 357 g/mol. The van der Waals surface area contributed by atoms with E-state index in [1.807, 2.05) is 11.9 Å².